The van der Waals surface area contributed by atoms with Gasteiger partial charge in [0.15, 0.2) is 0 Å². The Bertz CT molecular complexity index is 289. The Balaban J connectivity index is 2.02. The fourth-order valence-corrected chi connectivity index (χ4v) is 2.68. The Morgan fingerprint density at radius 2 is 1.19 bits per heavy atom. The number of rotatable bonds is 2. The van der Waals surface area contributed by atoms with Gasteiger partial charge in [0.1, 0.15) is 0 Å². The topological polar surface area (TPSA) is 0 Å². The normalized spacial score (nSPS) is 39.4. The van der Waals surface area contributed by atoms with E-state index in [0.29, 0.717) is 10.8 Å². The molecule has 2 unspecified atom stereocenters. The van der Waals surface area contributed by atoms with Crippen molar-refractivity contribution >= 4 is 0 Å². The second kappa shape index (κ2) is 4.61. The van der Waals surface area contributed by atoms with Crippen molar-refractivity contribution in [1.82, 2.24) is 0 Å². The quantitative estimate of drug-likeness (QED) is 0.567. The number of hydrogen-bond acceptors (Lipinski definition) is 0. The van der Waals surface area contributed by atoms with Crippen LogP contribution in [0.25, 0.3) is 0 Å². The molecule has 0 aliphatic heterocycles. The zero-order valence-electron chi connectivity index (χ0n) is 10.7. The Morgan fingerprint density at radius 3 is 1.50 bits per heavy atom. The van der Waals surface area contributed by atoms with Crippen molar-refractivity contribution in [3.63, 3.8) is 0 Å². The molecular weight excluding hydrogens is 192 g/mol. The first-order chi connectivity index (χ1) is 7.62. The lowest BCUT2D eigenvalue weighted by Crippen LogP contribution is -2.19. The van der Waals surface area contributed by atoms with E-state index in [1.165, 1.54) is 38.5 Å². The standard InChI is InChI=1S/C16H24/c1-15(9-5-3-6-10-15)13-14-16(2)11-7-4-8-12-16/h3-5,7,13-14H,6,8-12H2,1-2H3/b14-13+. The third-order valence-electron chi connectivity index (χ3n) is 4.15. The van der Waals surface area contributed by atoms with E-state index in [1.807, 2.05) is 0 Å². The first kappa shape index (κ1) is 11.7. The molecule has 0 aromatic carbocycles. The van der Waals surface area contributed by atoms with Gasteiger partial charge in [0.2, 0.25) is 0 Å². The van der Waals surface area contributed by atoms with E-state index in [4.69, 9.17) is 0 Å². The zero-order chi connectivity index (χ0) is 11.5. The molecule has 0 N–H and O–H groups in total. The summed E-state index contributed by atoms with van der Waals surface area (Å²) in [5.74, 6) is 0. The molecule has 2 atom stereocenters. The van der Waals surface area contributed by atoms with E-state index in [9.17, 15) is 0 Å². The molecule has 2 rings (SSSR count). The van der Waals surface area contributed by atoms with Gasteiger partial charge in [-0.15, -0.1) is 0 Å². The molecule has 0 saturated carbocycles. The fourth-order valence-electron chi connectivity index (χ4n) is 2.68. The van der Waals surface area contributed by atoms with Crippen LogP contribution in [0, 0.1) is 10.8 Å². The molecule has 0 radical (unpaired) electrons. The predicted octanol–water partition coefficient (Wildman–Crippen LogP) is 5.04. The second-order valence-corrected chi connectivity index (χ2v) is 6.07. The minimum absolute atomic E-state index is 0.416. The SMILES string of the molecule is CC1(/C=C/C2(C)CC=CCC2)CC=CCC1. The molecule has 0 heteroatoms. The van der Waals surface area contributed by atoms with Crippen molar-refractivity contribution in [2.45, 2.75) is 52.4 Å². The highest BCUT2D eigenvalue weighted by molar-refractivity contribution is 5.12. The maximum absolute atomic E-state index is 2.50. The van der Waals surface area contributed by atoms with Crippen LogP contribution in [-0.4, -0.2) is 0 Å². The van der Waals surface area contributed by atoms with Gasteiger partial charge in [0, 0.05) is 0 Å². The zero-order valence-corrected chi connectivity index (χ0v) is 10.7. The lowest BCUT2D eigenvalue weighted by molar-refractivity contribution is 0.355. The van der Waals surface area contributed by atoms with Crippen molar-refractivity contribution in [1.29, 1.82) is 0 Å². The summed E-state index contributed by atoms with van der Waals surface area (Å²) in [6.45, 7) is 4.80. The maximum atomic E-state index is 2.50. The minimum Gasteiger partial charge on any atom is -0.0885 e. The van der Waals surface area contributed by atoms with Crippen LogP contribution in [0.3, 0.4) is 0 Å². The van der Waals surface area contributed by atoms with Gasteiger partial charge < -0.3 is 0 Å². The average Bonchev–Trinajstić information content (AvgIpc) is 2.29. The highest BCUT2D eigenvalue weighted by Gasteiger charge is 2.25. The Morgan fingerprint density at radius 1 is 0.750 bits per heavy atom. The number of hydrogen-bond donors (Lipinski definition) is 0. The number of allylic oxidation sites excluding steroid dienone is 6. The summed E-state index contributed by atoms with van der Waals surface area (Å²) in [4.78, 5) is 0. The van der Waals surface area contributed by atoms with Crippen LogP contribution in [0.5, 0.6) is 0 Å². The van der Waals surface area contributed by atoms with Gasteiger partial charge in [-0.1, -0.05) is 50.3 Å². The van der Waals surface area contributed by atoms with Gasteiger partial charge in [0.25, 0.3) is 0 Å². The molecule has 0 aromatic heterocycles. The molecule has 0 aromatic rings. The highest BCUT2D eigenvalue weighted by Crippen LogP contribution is 2.38. The fraction of sp³-hybridized carbons (Fsp3) is 0.625. The summed E-state index contributed by atoms with van der Waals surface area (Å²) in [5, 5.41) is 0. The Labute approximate surface area is 100 Å². The Kier molecular flexibility index (Phi) is 3.37. The van der Waals surface area contributed by atoms with E-state index < -0.39 is 0 Å². The highest BCUT2D eigenvalue weighted by atomic mass is 14.3. The molecule has 0 amide bonds. The van der Waals surface area contributed by atoms with Crippen molar-refractivity contribution in [3.05, 3.63) is 36.5 Å². The minimum atomic E-state index is 0.416. The average molecular weight is 216 g/mol. The second-order valence-electron chi connectivity index (χ2n) is 6.07. The monoisotopic (exact) mass is 216 g/mol. The molecule has 88 valence electrons. The van der Waals surface area contributed by atoms with Gasteiger partial charge in [-0.25, -0.2) is 0 Å². The summed E-state index contributed by atoms with van der Waals surface area (Å²) >= 11 is 0. The summed E-state index contributed by atoms with van der Waals surface area (Å²) in [5.41, 5.74) is 0.831. The van der Waals surface area contributed by atoms with Crippen molar-refractivity contribution in [2.75, 3.05) is 0 Å². The van der Waals surface area contributed by atoms with Gasteiger partial charge in [-0.2, -0.15) is 0 Å². The third kappa shape index (κ3) is 2.87. The van der Waals surface area contributed by atoms with Crippen LogP contribution < -0.4 is 0 Å². The van der Waals surface area contributed by atoms with Crippen molar-refractivity contribution < 1.29 is 0 Å². The summed E-state index contributed by atoms with van der Waals surface area (Å²) in [7, 11) is 0. The van der Waals surface area contributed by atoms with Crippen LogP contribution in [0.1, 0.15) is 52.4 Å². The molecule has 0 nitrogen and oxygen atoms in total. The Hall–Kier alpha value is -0.780. The van der Waals surface area contributed by atoms with Crippen LogP contribution in [-0.2, 0) is 0 Å². The summed E-state index contributed by atoms with van der Waals surface area (Å²) < 4.78 is 0. The summed E-state index contributed by atoms with van der Waals surface area (Å²) in [6.07, 6.45) is 21.9. The molecular formula is C16H24. The van der Waals surface area contributed by atoms with Gasteiger partial charge in [-0.3, -0.25) is 0 Å². The molecule has 0 saturated heterocycles. The smallest absolute Gasteiger partial charge is 0.0109 e. The lowest BCUT2D eigenvalue weighted by atomic mass is 9.73. The molecule has 2 aliphatic carbocycles. The van der Waals surface area contributed by atoms with E-state index >= 15 is 0 Å². The predicted molar refractivity (Wildman–Crippen MR) is 71.3 cm³/mol. The first-order valence-electron chi connectivity index (χ1n) is 6.62. The van der Waals surface area contributed by atoms with Crippen molar-refractivity contribution in [2.24, 2.45) is 10.8 Å². The van der Waals surface area contributed by atoms with Gasteiger partial charge >= 0.3 is 0 Å². The van der Waals surface area contributed by atoms with Crippen molar-refractivity contribution in [3.8, 4) is 0 Å². The van der Waals surface area contributed by atoms with Crippen LogP contribution in [0.15, 0.2) is 36.5 Å². The van der Waals surface area contributed by atoms with Gasteiger partial charge in [-0.05, 0) is 49.4 Å². The summed E-state index contributed by atoms with van der Waals surface area (Å²) in [6, 6.07) is 0. The molecule has 0 fully saturated rings. The van der Waals surface area contributed by atoms with Gasteiger partial charge in [0.05, 0.1) is 0 Å². The molecule has 0 heterocycles. The third-order valence-corrected chi connectivity index (χ3v) is 4.15. The molecule has 16 heavy (non-hydrogen) atoms. The largest absolute Gasteiger partial charge is 0.0885 e. The molecule has 0 spiro atoms. The van der Waals surface area contributed by atoms with E-state index in [0.717, 1.165) is 0 Å². The van der Waals surface area contributed by atoms with E-state index in [-0.39, 0.29) is 0 Å². The van der Waals surface area contributed by atoms with E-state index in [2.05, 4.69) is 50.3 Å². The van der Waals surface area contributed by atoms with Crippen LogP contribution in [0.4, 0.5) is 0 Å². The van der Waals surface area contributed by atoms with Crippen LogP contribution in [0.2, 0.25) is 0 Å². The maximum Gasteiger partial charge on any atom is -0.0109 e. The molecule has 2 aliphatic rings. The lowest BCUT2D eigenvalue weighted by Gasteiger charge is -2.31. The van der Waals surface area contributed by atoms with Crippen LogP contribution >= 0.6 is 0 Å². The first-order valence-corrected chi connectivity index (χ1v) is 6.62. The van der Waals surface area contributed by atoms with E-state index in [1.54, 1.807) is 0 Å². The molecule has 0 bridgehead atoms.